The molecule has 0 aliphatic heterocycles. The zero-order valence-corrected chi connectivity index (χ0v) is 12.7. The Hall–Kier alpha value is -2.03. The molecule has 2 rings (SSSR count). The van der Waals surface area contributed by atoms with Gasteiger partial charge in [0.15, 0.2) is 0 Å². The first kappa shape index (κ1) is 14.4. The van der Waals surface area contributed by atoms with E-state index in [0.29, 0.717) is 6.54 Å². The van der Waals surface area contributed by atoms with Crippen molar-refractivity contribution in [3.63, 3.8) is 0 Å². The van der Waals surface area contributed by atoms with Gasteiger partial charge in [-0.25, -0.2) is 0 Å². The van der Waals surface area contributed by atoms with Crippen LogP contribution in [0.4, 0.5) is 0 Å². The van der Waals surface area contributed by atoms with Crippen LogP contribution in [-0.2, 0) is 13.5 Å². The molecule has 0 bridgehead atoms. The minimum atomic E-state index is -0.00435. The summed E-state index contributed by atoms with van der Waals surface area (Å²) >= 11 is 0. The standard InChI is InChI=1S/C17H22N2O/c1-12-5-7-15(8-6-12)17(20)18-10-9-16-11-13(2)19(4)14(16)3/h5-8,11H,9-10H2,1-4H3,(H,18,20). The van der Waals surface area contributed by atoms with Crippen LogP contribution in [-0.4, -0.2) is 17.0 Å². The Morgan fingerprint density at radius 3 is 2.35 bits per heavy atom. The second-order valence-corrected chi connectivity index (χ2v) is 5.33. The third-order valence-electron chi connectivity index (χ3n) is 3.87. The van der Waals surface area contributed by atoms with Crippen molar-refractivity contribution in [1.82, 2.24) is 9.88 Å². The fourth-order valence-electron chi connectivity index (χ4n) is 2.30. The van der Waals surface area contributed by atoms with E-state index in [1.54, 1.807) is 0 Å². The Morgan fingerprint density at radius 1 is 1.15 bits per heavy atom. The van der Waals surface area contributed by atoms with E-state index in [-0.39, 0.29) is 5.91 Å². The fraction of sp³-hybridized carbons (Fsp3) is 0.353. The Morgan fingerprint density at radius 2 is 1.80 bits per heavy atom. The summed E-state index contributed by atoms with van der Waals surface area (Å²) in [5.74, 6) is -0.00435. The molecule has 0 saturated heterocycles. The van der Waals surface area contributed by atoms with Gasteiger partial charge in [0.25, 0.3) is 5.91 Å². The molecular formula is C17H22N2O. The van der Waals surface area contributed by atoms with Crippen molar-refractivity contribution in [3.05, 3.63) is 58.4 Å². The van der Waals surface area contributed by atoms with E-state index < -0.39 is 0 Å². The Bertz CT molecular complexity index is 609. The monoisotopic (exact) mass is 270 g/mol. The minimum Gasteiger partial charge on any atom is -0.352 e. The number of aromatic nitrogens is 1. The lowest BCUT2D eigenvalue weighted by Gasteiger charge is -2.06. The van der Waals surface area contributed by atoms with Crippen LogP contribution in [0.2, 0.25) is 0 Å². The summed E-state index contributed by atoms with van der Waals surface area (Å²) in [7, 11) is 2.07. The third kappa shape index (κ3) is 3.10. The zero-order chi connectivity index (χ0) is 14.7. The summed E-state index contributed by atoms with van der Waals surface area (Å²) < 4.78 is 2.18. The van der Waals surface area contributed by atoms with Crippen molar-refractivity contribution in [2.45, 2.75) is 27.2 Å². The molecule has 0 fully saturated rings. The molecule has 106 valence electrons. The highest BCUT2D eigenvalue weighted by Gasteiger charge is 2.07. The predicted molar refractivity (Wildman–Crippen MR) is 82.1 cm³/mol. The number of carbonyl (C=O) groups excluding carboxylic acids is 1. The number of carbonyl (C=O) groups is 1. The molecule has 3 nitrogen and oxygen atoms in total. The van der Waals surface area contributed by atoms with Crippen LogP contribution < -0.4 is 5.32 Å². The molecule has 1 aromatic heterocycles. The number of hydrogen-bond donors (Lipinski definition) is 1. The first-order valence-electron chi connectivity index (χ1n) is 6.95. The summed E-state index contributed by atoms with van der Waals surface area (Å²) in [6, 6.07) is 9.83. The lowest BCUT2D eigenvalue weighted by atomic mass is 10.1. The van der Waals surface area contributed by atoms with Crippen LogP contribution in [0.25, 0.3) is 0 Å². The first-order chi connectivity index (χ1) is 9.49. The summed E-state index contributed by atoms with van der Waals surface area (Å²) in [5, 5.41) is 2.97. The van der Waals surface area contributed by atoms with E-state index >= 15 is 0 Å². The maximum Gasteiger partial charge on any atom is 0.251 e. The van der Waals surface area contributed by atoms with Crippen LogP contribution in [0.3, 0.4) is 0 Å². The normalized spacial score (nSPS) is 10.6. The molecule has 0 radical (unpaired) electrons. The number of nitrogens with one attached hydrogen (secondary N) is 1. The molecule has 0 unspecified atom stereocenters. The second kappa shape index (κ2) is 5.95. The van der Waals surface area contributed by atoms with Gasteiger partial charge < -0.3 is 9.88 Å². The van der Waals surface area contributed by atoms with Gasteiger partial charge in [-0.15, -0.1) is 0 Å². The maximum absolute atomic E-state index is 12.0. The predicted octanol–water partition coefficient (Wildman–Crippen LogP) is 2.92. The molecule has 0 spiro atoms. The zero-order valence-electron chi connectivity index (χ0n) is 12.7. The molecule has 0 aliphatic carbocycles. The molecule has 0 atom stereocenters. The van der Waals surface area contributed by atoms with Gasteiger partial charge in [-0.05, 0) is 51.0 Å². The van der Waals surface area contributed by atoms with Gasteiger partial charge in [-0.1, -0.05) is 17.7 Å². The first-order valence-corrected chi connectivity index (χ1v) is 6.95. The second-order valence-electron chi connectivity index (χ2n) is 5.33. The molecule has 1 heterocycles. The maximum atomic E-state index is 12.0. The van der Waals surface area contributed by atoms with E-state index in [4.69, 9.17) is 0 Å². The van der Waals surface area contributed by atoms with Crippen LogP contribution in [0.1, 0.15) is 32.9 Å². The lowest BCUT2D eigenvalue weighted by molar-refractivity contribution is 0.0954. The molecule has 0 aliphatic rings. The average Bonchev–Trinajstić information content (AvgIpc) is 2.67. The van der Waals surface area contributed by atoms with Gasteiger partial charge >= 0.3 is 0 Å². The van der Waals surface area contributed by atoms with Crippen molar-refractivity contribution in [3.8, 4) is 0 Å². The Balaban J connectivity index is 1.91. The van der Waals surface area contributed by atoms with E-state index in [0.717, 1.165) is 17.5 Å². The number of nitrogens with zero attached hydrogens (tertiary/aromatic N) is 1. The summed E-state index contributed by atoms with van der Waals surface area (Å²) in [6.45, 7) is 6.89. The number of amides is 1. The molecular weight excluding hydrogens is 248 g/mol. The molecule has 2 aromatic rings. The molecule has 1 aromatic carbocycles. The van der Waals surface area contributed by atoms with Crippen LogP contribution in [0, 0.1) is 20.8 Å². The molecule has 20 heavy (non-hydrogen) atoms. The van der Waals surface area contributed by atoms with Gasteiger partial charge in [0.05, 0.1) is 0 Å². The topological polar surface area (TPSA) is 34.0 Å². The SMILES string of the molecule is Cc1ccc(C(=O)NCCc2cc(C)n(C)c2C)cc1. The number of hydrogen-bond acceptors (Lipinski definition) is 1. The smallest absolute Gasteiger partial charge is 0.251 e. The van der Waals surface area contributed by atoms with E-state index in [1.165, 1.54) is 17.0 Å². The highest BCUT2D eigenvalue weighted by Crippen LogP contribution is 2.13. The highest BCUT2D eigenvalue weighted by atomic mass is 16.1. The quantitative estimate of drug-likeness (QED) is 0.910. The van der Waals surface area contributed by atoms with Crippen molar-refractivity contribution in [2.75, 3.05) is 6.54 Å². The largest absolute Gasteiger partial charge is 0.352 e. The molecule has 1 N–H and O–H groups in total. The van der Waals surface area contributed by atoms with Crippen molar-refractivity contribution < 1.29 is 4.79 Å². The number of rotatable bonds is 4. The third-order valence-corrected chi connectivity index (χ3v) is 3.87. The highest BCUT2D eigenvalue weighted by molar-refractivity contribution is 5.94. The lowest BCUT2D eigenvalue weighted by Crippen LogP contribution is -2.25. The minimum absolute atomic E-state index is 0.00435. The van der Waals surface area contributed by atoms with E-state index in [2.05, 4.69) is 36.8 Å². The van der Waals surface area contributed by atoms with Crippen LogP contribution in [0.15, 0.2) is 30.3 Å². The molecule has 1 amide bonds. The van der Waals surface area contributed by atoms with Gasteiger partial charge in [-0.2, -0.15) is 0 Å². The van der Waals surface area contributed by atoms with E-state index in [9.17, 15) is 4.79 Å². The average molecular weight is 270 g/mol. The summed E-state index contributed by atoms with van der Waals surface area (Å²) in [5.41, 5.74) is 5.71. The summed E-state index contributed by atoms with van der Waals surface area (Å²) in [4.78, 5) is 12.0. The summed E-state index contributed by atoms with van der Waals surface area (Å²) in [6.07, 6.45) is 0.866. The van der Waals surface area contributed by atoms with Gasteiger partial charge in [0, 0.05) is 30.5 Å². The fourth-order valence-corrected chi connectivity index (χ4v) is 2.30. The Kier molecular flexibility index (Phi) is 4.28. The van der Waals surface area contributed by atoms with Crippen molar-refractivity contribution in [1.29, 1.82) is 0 Å². The number of benzene rings is 1. The van der Waals surface area contributed by atoms with Gasteiger partial charge in [0.2, 0.25) is 0 Å². The van der Waals surface area contributed by atoms with E-state index in [1.807, 2.05) is 31.2 Å². The van der Waals surface area contributed by atoms with Crippen molar-refractivity contribution >= 4 is 5.91 Å². The van der Waals surface area contributed by atoms with Crippen LogP contribution in [0.5, 0.6) is 0 Å². The Labute approximate surface area is 120 Å². The van der Waals surface area contributed by atoms with Crippen molar-refractivity contribution in [2.24, 2.45) is 7.05 Å². The number of aryl methyl sites for hydroxylation is 2. The molecule has 3 heteroatoms. The van der Waals surface area contributed by atoms with Gasteiger partial charge in [-0.3, -0.25) is 4.79 Å². The molecule has 0 saturated carbocycles. The van der Waals surface area contributed by atoms with Gasteiger partial charge in [0.1, 0.15) is 0 Å². The van der Waals surface area contributed by atoms with Crippen LogP contribution >= 0.6 is 0 Å².